The Kier molecular flexibility index (Phi) is 5.13. The van der Waals surface area contributed by atoms with Gasteiger partial charge in [0, 0.05) is 0 Å². The van der Waals surface area contributed by atoms with E-state index >= 15 is 0 Å². The van der Waals surface area contributed by atoms with Crippen LogP contribution in [0.5, 0.6) is 11.5 Å². The van der Waals surface area contributed by atoms with Gasteiger partial charge in [-0.05, 0) is 6.07 Å². The second-order valence-electron chi connectivity index (χ2n) is 3.12. The maximum Gasteiger partial charge on any atom is 0.367 e. The van der Waals surface area contributed by atoms with Gasteiger partial charge in [0.25, 0.3) is 5.69 Å². The summed E-state index contributed by atoms with van der Waals surface area (Å²) >= 11 is 1.44. The quantitative estimate of drug-likeness (QED) is 0.344. The van der Waals surface area contributed by atoms with E-state index in [9.17, 15) is 14.9 Å². The molecule has 0 bridgehead atoms. The fourth-order valence-corrected chi connectivity index (χ4v) is 1.49. The topological polar surface area (TPSA) is 87.9 Å². The van der Waals surface area contributed by atoms with Gasteiger partial charge in [-0.25, -0.2) is 4.79 Å². The summed E-state index contributed by atoms with van der Waals surface area (Å²) in [7, 11) is 2.80. The summed E-state index contributed by atoms with van der Waals surface area (Å²) in [5.74, 6) is 0.580. The smallest absolute Gasteiger partial charge is 0.367 e. The summed E-state index contributed by atoms with van der Waals surface area (Å²) < 4.78 is 14.2. The van der Waals surface area contributed by atoms with Crippen molar-refractivity contribution in [2.75, 3.05) is 14.2 Å². The Hall–Kier alpha value is -1.58. The number of nitrogens with zero attached hydrogens (tertiary/aromatic N) is 1. The van der Waals surface area contributed by atoms with E-state index in [1.807, 2.05) is 0 Å². The minimum absolute atomic E-state index is 0.190. The molecule has 0 unspecified atom stereocenters. The number of hydrogen-bond donors (Lipinski definition) is 0. The summed E-state index contributed by atoms with van der Waals surface area (Å²) in [6.45, 7) is -0.196. The SMILES string of the molecule is COc1cc(COC(=O)I)c([N+](=O)[O-])cc1OC. The van der Waals surface area contributed by atoms with Gasteiger partial charge in [0.1, 0.15) is 6.61 Å². The van der Waals surface area contributed by atoms with Crippen LogP contribution in [0.3, 0.4) is 0 Å². The fraction of sp³-hybridized carbons (Fsp3) is 0.300. The number of benzene rings is 1. The average Bonchev–Trinajstić information content (AvgIpc) is 2.34. The second kappa shape index (κ2) is 6.38. The van der Waals surface area contributed by atoms with Gasteiger partial charge in [0.05, 0.1) is 53.4 Å². The van der Waals surface area contributed by atoms with E-state index in [-0.39, 0.29) is 23.6 Å². The number of carbonyl (C=O) groups is 1. The molecule has 0 saturated heterocycles. The van der Waals surface area contributed by atoms with Crippen LogP contribution in [-0.2, 0) is 11.3 Å². The molecular formula is C10H10INO6. The highest BCUT2D eigenvalue weighted by Gasteiger charge is 2.20. The number of nitro benzene ring substituents is 1. The van der Waals surface area contributed by atoms with Gasteiger partial charge in [0.15, 0.2) is 11.5 Å². The van der Waals surface area contributed by atoms with Gasteiger partial charge < -0.3 is 14.2 Å². The van der Waals surface area contributed by atoms with Crippen molar-refractivity contribution < 1.29 is 23.9 Å². The first kappa shape index (κ1) is 14.5. The first-order valence-electron chi connectivity index (χ1n) is 4.71. The molecule has 1 rings (SSSR count). The molecule has 0 N–H and O–H groups in total. The molecule has 0 aliphatic rings. The van der Waals surface area contributed by atoms with E-state index < -0.39 is 8.90 Å². The minimum atomic E-state index is -0.571. The number of nitro groups is 1. The fourth-order valence-electron chi connectivity index (χ4n) is 1.33. The lowest BCUT2D eigenvalue weighted by atomic mass is 10.1. The molecule has 18 heavy (non-hydrogen) atoms. The van der Waals surface area contributed by atoms with Crippen molar-refractivity contribution in [3.63, 3.8) is 0 Å². The number of hydrogen-bond acceptors (Lipinski definition) is 6. The Bertz CT molecular complexity index is 476. The van der Waals surface area contributed by atoms with E-state index in [0.29, 0.717) is 5.75 Å². The maximum absolute atomic E-state index is 10.9. The van der Waals surface area contributed by atoms with Crippen LogP contribution in [0.2, 0.25) is 0 Å². The van der Waals surface area contributed by atoms with Crippen molar-refractivity contribution in [1.29, 1.82) is 0 Å². The molecule has 7 nitrogen and oxygen atoms in total. The standard InChI is InChI=1S/C10H10INO6/c1-16-8-3-6(5-18-10(11)13)7(12(14)15)4-9(8)17-2/h3-4H,5H2,1-2H3. The third-order valence-corrected chi connectivity index (χ3v) is 2.43. The van der Waals surface area contributed by atoms with Crippen molar-refractivity contribution in [2.24, 2.45) is 0 Å². The number of rotatable bonds is 5. The van der Waals surface area contributed by atoms with Crippen LogP contribution in [0, 0.1) is 10.1 Å². The molecule has 0 aliphatic carbocycles. The van der Waals surface area contributed by atoms with E-state index in [2.05, 4.69) is 0 Å². The molecule has 1 aromatic carbocycles. The Morgan fingerprint density at radius 2 is 1.89 bits per heavy atom. The first-order chi connectivity index (χ1) is 8.49. The van der Waals surface area contributed by atoms with E-state index in [0.717, 1.165) is 0 Å². The van der Waals surface area contributed by atoms with Crippen molar-refractivity contribution in [3.8, 4) is 11.5 Å². The summed E-state index contributed by atoms with van der Waals surface area (Å²) in [5.41, 5.74) is 0.0490. The van der Waals surface area contributed by atoms with Crippen LogP contribution in [-0.4, -0.2) is 23.1 Å². The predicted molar refractivity (Wildman–Crippen MR) is 70.4 cm³/mol. The maximum atomic E-state index is 10.9. The normalized spacial score (nSPS) is 9.72. The van der Waals surface area contributed by atoms with Gasteiger partial charge in [0.2, 0.25) is 0 Å². The zero-order valence-electron chi connectivity index (χ0n) is 9.64. The Labute approximate surface area is 116 Å². The highest BCUT2D eigenvalue weighted by Crippen LogP contribution is 2.34. The zero-order chi connectivity index (χ0) is 13.7. The van der Waals surface area contributed by atoms with Gasteiger partial charge in [-0.1, -0.05) is 0 Å². The van der Waals surface area contributed by atoms with Crippen LogP contribution < -0.4 is 9.47 Å². The van der Waals surface area contributed by atoms with Crippen LogP contribution in [0.1, 0.15) is 5.56 Å². The highest BCUT2D eigenvalue weighted by molar-refractivity contribution is 14.1. The summed E-state index contributed by atoms with van der Waals surface area (Å²) in [6.07, 6.45) is 0. The van der Waals surface area contributed by atoms with Crippen molar-refractivity contribution in [1.82, 2.24) is 0 Å². The Morgan fingerprint density at radius 3 is 2.33 bits per heavy atom. The van der Waals surface area contributed by atoms with Gasteiger partial charge in [-0.3, -0.25) is 10.1 Å². The molecule has 0 fully saturated rings. The minimum Gasteiger partial charge on any atom is -0.493 e. The lowest BCUT2D eigenvalue weighted by Gasteiger charge is -2.10. The third-order valence-electron chi connectivity index (χ3n) is 2.12. The van der Waals surface area contributed by atoms with Crippen LogP contribution in [0.4, 0.5) is 10.5 Å². The number of carbonyl (C=O) groups excluding carboxylic acids is 1. The molecule has 0 spiro atoms. The number of methoxy groups -OCH3 is 2. The number of ether oxygens (including phenoxy) is 3. The summed E-state index contributed by atoms with van der Waals surface area (Å²) in [4.78, 5) is 21.0. The lowest BCUT2D eigenvalue weighted by Crippen LogP contribution is -2.02. The van der Waals surface area contributed by atoms with Crippen molar-refractivity contribution in [2.45, 2.75) is 6.61 Å². The predicted octanol–water partition coefficient (Wildman–Crippen LogP) is 2.68. The largest absolute Gasteiger partial charge is 0.493 e. The van der Waals surface area contributed by atoms with Crippen LogP contribution in [0.15, 0.2) is 12.1 Å². The van der Waals surface area contributed by atoms with Crippen molar-refractivity contribution in [3.05, 3.63) is 27.8 Å². The molecule has 0 saturated carbocycles. The molecule has 0 atom stereocenters. The molecule has 0 amide bonds. The molecule has 0 radical (unpaired) electrons. The van der Waals surface area contributed by atoms with E-state index in [4.69, 9.17) is 14.2 Å². The molecule has 1 aromatic rings. The molecule has 0 heterocycles. The summed E-state index contributed by atoms with van der Waals surface area (Å²) in [5, 5.41) is 10.9. The van der Waals surface area contributed by atoms with Gasteiger partial charge >= 0.3 is 3.98 Å². The molecular weight excluding hydrogens is 357 g/mol. The molecule has 98 valence electrons. The van der Waals surface area contributed by atoms with Crippen LogP contribution in [0.25, 0.3) is 0 Å². The van der Waals surface area contributed by atoms with Gasteiger partial charge in [-0.2, -0.15) is 0 Å². The second-order valence-corrected chi connectivity index (χ2v) is 4.00. The van der Waals surface area contributed by atoms with Gasteiger partial charge in [-0.15, -0.1) is 0 Å². The van der Waals surface area contributed by atoms with E-state index in [1.165, 1.54) is 48.9 Å². The third kappa shape index (κ3) is 3.45. The molecule has 0 aliphatic heterocycles. The summed E-state index contributed by atoms with van der Waals surface area (Å²) in [6, 6.07) is 2.64. The van der Waals surface area contributed by atoms with Crippen molar-refractivity contribution >= 4 is 32.3 Å². The first-order valence-corrected chi connectivity index (χ1v) is 5.79. The average molecular weight is 367 g/mol. The van der Waals surface area contributed by atoms with E-state index in [1.54, 1.807) is 0 Å². The monoisotopic (exact) mass is 367 g/mol. The molecule has 0 aromatic heterocycles. The van der Waals surface area contributed by atoms with Crippen LogP contribution >= 0.6 is 22.6 Å². The zero-order valence-corrected chi connectivity index (χ0v) is 11.8. The Morgan fingerprint density at radius 1 is 1.33 bits per heavy atom. The number of halogens is 1. The lowest BCUT2D eigenvalue weighted by molar-refractivity contribution is -0.385. The highest BCUT2D eigenvalue weighted by atomic mass is 127. The molecule has 8 heteroatoms. The Balaban J connectivity index is 3.20.